The number of aromatic nitrogens is 1. The van der Waals surface area contributed by atoms with Gasteiger partial charge in [-0.1, -0.05) is 6.92 Å². The molecule has 1 aromatic heterocycles. The van der Waals surface area contributed by atoms with E-state index in [1.54, 1.807) is 4.88 Å². The molecular weight excluding hydrogens is 204 g/mol. The minimum absolute atomic E-state index is 1.02. The molecule has 1 saturated carbocycles. The molecular formula is C12H18N2S. The molecule has 0 amide bonds. The SMILES string of the molecule is CCc1nc2c(s1)CN(CC1CC1)CC2. The van der Waals surface area contributed by atoms with Crippen LogP contribution >= 0.6 is 11.3 Å². The Morgan fingerprint density at radius 3 is 3.07 bits per heavy atom. The van der Waals surface area contributed by atoms with Gasteiger partial charge in [0.1, 0.15) is 0 Å². The molecule has 0 spiro atoms. The molecule has 0 saturated heterocycles. The highest BCUT2D eigenvalue weighted by molar-refractivity contribution is 7.11. The summed E-state index contributed by atoms with van der Waals surface area (Å²) in [4.78, 5) is 8.85. The summed E-state index contributed by atoms with van der Waals surface area (Å²) in [6, 6.07) is 0. The van der Waals surface area contributed by atoms with Crippen molar-refractivity contribution in [2.45, 2.75) is 39.2 Å². The molecule has 2 nitrogen and oxygen atoms in total. The van der Waals surface area contributed by atoms with Crippen LogP contribution in [0.1, 0.15) is 35.3 Å². The van der Waals surface area contributed by atoms with Crippen molar-refractivity contribution in [1.82, 2.24) is 9.88 Å². The molecule has 2 aliphatic rings. The predicted molar refractivity (Wildman–Crippen MR) is 63.2 cm³/mol. The second-order valence-electron chi connectivity index (χ2n) is 4.76. The van der Waals surface area contributed by atoms with Crippen LogP contribution in [0.3, 0.4) is 0 Å². The average Bonchev–Trinajstić information content (AvgIpc) is 2.96. The molecule has 3 heteroatoms. The molecule has 3 rings (SSSR count). The van der Waals surface area contributed by atoms with Crippen molar-refractivity contribution in [2.24, 2.45) is 5.92 Å². The Hall–Kier alpha value is -0.410. The molecule has 0 unspecified atom stereocenters. The minimum Gasteiger partial charge on any atom is -0.298 e. The van der Waals surface area contributed by atoms with Gasteiger partial charge >= 0.3 is 0 Å². The van der Waals surface area contributed by atoms with Gasteiger partial charge in [0.15, 0.2) is 0 Å². The van der Waals surface area contributed by atoms with Crippen LogP contribution in [0, 0.1) is 5.92 Å². The highest BCUT2D eigenvalue weighted by atomic mass is 32.1. The Balaban J connectivity index is 1.70. The topological polar surface area (TPSA) is 16.1 Å². The van der Waals surface area contributed by atoms with Crippen molar-refractivity contribution >= 4 is 11.3 Å². The molecule has 82 valence electrons. The van der Waals surface area contributed by atoms with Crippen molar-refractivity contribution in [3.8, 4) is 0 Å². The third-order valence-electron chi connectivity index (χ3n) is 3.37. The van der Waals surface area contributed by atoms with Crippen LogP contribution in [0.15, 0.2) is 0 Å². The molecule has 0 radical (unpaired) electrons. The maximum Gasteiger partial charge on any atom is 0.0928 e. The highest BCUT2D eigenvalue weighted by Gasteiger charge is 2.27. The number of aryl methyl sites for hydroxylation is 1. The molecule has 0 aromatic carbocycles. The zero-order valence-electron chi connectivity index (χ0n) is 9.33. The van der Waals surface area contributed by atoms with Gasteiger partial charge < -0.3 is 0 Å². The van der Waals surface area contributed by atoms with Gasteiger partial charge in [0.05, 0.1) is 10.7 Å². The fourth-order valence-electron chi connectivity index (χ4n) is 2.27. The van der Waals surface area contributed by atoms with Crippen molar-refractivity contribution in [3.05, 3.63) is 15.6 Å². The molecule has 0 bridgehead atoms. The first-order valence-corrected chi connectivity index (χ1v) is 6.86. The number of hydrogen-bond acceptors (Lipinski definition) is 3. The molecule has 1 aliphatic carbocycles. The Labute approximate surface area is 95.3 Å². The number of nitrogens with zero attached hydrogens (tertiary/aromatic N) is 2. The first-order chi connectivity index (χ1) is 7.35. The van der Waals surface area contributed by atoms with Crippen LogP contribution in [-0.4, -0.2) is 23.0 Å². The fourth-order valence-corrected chi connectivity index (χ4v) is 3.37. The summed E-state index contributed by atoms with van der Waals surface area (Å²) in [5.74, 6) is 1.02. The van der Waals surface area contributed by atoms with E-state index in [2.05, 4.69) is 11.8 Å². The standard InChI is InChI=1S/C12H18N2S/c1-2-12-13-10-5-6-14(7-9-3-4-9)8-11(10)15-12/h9H,2-8H2,1H3. The number of fused-ring (bicyclic) bond motifs is 1. The van der Waals surface area contributed by atoms with Gasteiger partial charge in [-0.05, 0) is 25.2 Å². The van der Waals surface area contributed by atoms with Crippen LogP contribution < -0.4 is 0 Å². The molecule has 1 aliphatic heterocycles. The van der Waals surface area contributed by atoms with E-state index in [4.69, 9.17) is 4.98 Å². The van der Waals surface area contributed by atoms with Crippen molar-refractivity contribution in [1.29, 1.82) is 0 Å². The lowest BCUT2D eigenvalue weighted by Gasteiger charge is -2.25. The molecule has 15 heavy (non-hydrogen) atoms. The lowest BCUT2D eigenvalue weighted by Crippen LogP contribution is -2.31. The maximum atomic E-state index is 4.69. The maximum absolute atomic E-state index is 4.69. The normalized spacial score (nSPS) is 21.7. The van der Waals surface area contributed by atoms with Crippen LogP contribution in [0.2, 0.25) is 0 Å². The van der Waals surface area contributed by atoms with Crippen LogP contribution in [0.25, 0.3) is 0 Å². The Morgan fingerprint density at radius 2 is 2.33 bits per heavy atom. The summed E-state index contributed by atoms with van der Waals surface area (Å²) in [7, 11) is 0. The smallest absolute Gasteiger partial charge is 0.0928 e. The van der Waals surface area contributed by atoms with E-state index in [0.29, 0.717) is 0 Å². The molecule has 2 heterocycles. The summed E-state index contributed by atoms with van der Waals surface area (Å²) in [5.41, 5.74) is 1.39. The van der Waals surface area contributed by atoms with E-state index in [1.807, 2.05) is 11.3 Å². The van der Waals surface area contributed by atoms with Gasteiger partial charge in [0.2, 0.25) is 0 Å². The van der Waals surface area contributed by atoms with E-state index >= 15 is 0 Å². The largest absolute Gasteiger partial charge is 0.298 e. The molecule has 0 atom stereocenters. The van der Waals surface area contributed by atoms with Crippen LogP contribution in [0.4, 0.5) is 0 Å². The summed E-state index contributed by atoms with van der Waals surface area (Å²) < 4.78 is 0. The monoisotopic (exact) mass is 222 g/mol. The van der Waals surface area contributed by atoms with E-state index in [1.165, 1.54) is 49.6 Å². The van der Waals surface area contributed by atoms with Gasteiger partial charge in [-0.3, -0.25) is 4.90 Å². The summed E-state index contributed by atoms with van der Waals surface area (Å²) in [6.45, 7) is 5.94. The third-order valence-corrected chi connectivity index (χ3v) is 4.60. The summed E-state index contributed by atoms with van der Waals surface area (Å²) >= 11 is 1.93. The van der Waals surface area contributed by atoms with E-state index in [0.717, 1.165) is 12.3 Å². The predicted octanol–water partition coefficient (Wildman–Crippen LogP) is 2.47. The molecule has 0 N–H and O–H groups in total. The zero-order chi connectivity index (χ0) is 10.3. The van der Waals surface area contributed by atoms with Gasteiger partial charge in [-0.2, -0.15) is 0 Å². The first kappa shape index (κ1) is 9.79. The van der Waals surface area contributed by atoms with Gasteiger partial charge in [0.25, 0.3) is 0 Å². The number of rotatable bonds is 3. The fraction of sp³-hybridized carbons (Fsp3) is 0.750. The third kappa shape index (κ3) is 2.08. The average molecular weight is 222 g/mol. The van der Waals surface area contributed by atoms with Crippen molar-refractivity contribution in [3.63, 3.8) is 0 Å². The minimum atomic E-state index is 1.02. The van der Waals surface area contributed by atoms with E-state index < -0.39 is 0 Å². The second-order valence-corrected chi connectivity index (χ2v) is 5.93. The second kappa shape index (κ2) is 3.87. The number of thiazole rings is 1. The lowest BCUT2D eigenvalue weighted by atomic mass is 10.1. The van der Waals surface area contributed by atoms with Gasteiger partial charge in [-0.25, -0.2) is 4.98 Å². The lowest BCUT2D eigenvalue weighted by molar-refractivity contribution is 0.245. The van der Waals surface area contributed by atoms with Gasteiger partial charge in [-0.15, -0.1) is 11.3 Å². The number of hydrogen-bond donors (Lipinski definition) is 0. The summed E-state index contributed by atoms with van der Waals surface area (Å²) in [6.07, 6.45) is 5.21. The van der Waals surface area contributed by atoms with Crippen molar-refractivity contribution in [2.75, 3.05) is 13.1 Å². The van der Waals surface area contributed by atoms with Crippen LogP contribution in [0.5, 0.6) is 0 Å². The van der Waals surface area contributed by atoms with Gasteiger partial charge in [0, 0.05) is 30.9 Å². The quantitative estimate of drug-likeness (QED) is 0.781. The van der Waals surface area contributed by atoms with Crippen LogP contribution in [-0.2, 0) is 19.4 Å². The van der Waals surface area contributed by atoms with Crippen molar-refractivity contribution < 1.29 is 0 Å². The summed E-state index contributed by atoms with van der Waals surface area (Å²) in [5, 5.41) is 1.33. The Bertz CT molecular complexity index is 355. The Morgan fingerprint density at radius 1 is 1.47 bits per heavy atom. The zero-order valence-corrected chi connectivity index (χ0v) is 10.1. The highest BCUT2D eigenvalue weighted by Crippen LogP contribution is 2.32. The van der Waals surface area contributed by atoms with E-state index in [9.17, 15) is 0 Å². The molecule has 1 fully saturated rings. The Kier molecular flexibility index (Phi) is 2.53. The van der Waals surface area contributed by atoms with E-state index in [-0.39, 0.29) is 0 Å². The first-order valence-electron chi connectivity index (χ1n) is 6.05. The molecule has 1 aromatic rings.